The van der Waals surface area contributed by atoms with Crippen LogP contribution in [0.25, 0.3) is 0 Å². The first kappa shape index (κ1) is 20.1. The minimum atomic E-state index is -3.61. The van der Waals surface area contributed by atoms with Gasteiger partial charge in [0, 0.05) is 11.9 Å². The summed E-state index contributed by atoms with van der Waals surface area (Å²) in [5, 5.41) is 13.3. The first-order valence-electron chi connectivity index (χ1n) is 7.81. The van der Waals surface area contributed by atoms with Crippen LogP contribution < -0.4 is 10.0 Å². The van der Waals surface area contributed by atoms with E-state index in [1.54, 1.807) is 0 Å². The van der Waals surface area contributed by atoms with Crippen molar-refractivity contribution in [3.8, 4) is 0 Å². The summed E-state index contributed by atoms with van der Waals surface area (Å²) in [7, 11) is -2.33. The van der Waals surface area contributed by atoms with E-state index < -0.39 is 27.8 Å². The number of carbonyl (C=O) groups excluding carboxylic acids is 1. The normalized spacial score (nSPS) is 12.5. The highest BCUT2D eigenvalue weighted by Crippen LogP contribution is 2.19. The van der Waals surface area contributed by atoms with Crippen LogP contribution in [-0.2, 0) is 21.2 Å². The van der Waals surface area contributed by atoms with Gasteiger partial charge < -0.3 is 10.4 Å². The summed E-state index contributed by atoms with van der Waals surface area (Å²) in [4.78, 5) is 23.9. The summed E-state index contributed by atoms with van der Waals surface area (Å²) in [6, 6.07) is 8.80. The molecule has 0 fully saturated rings. The van der Waals surface area contributed by atoms with Crippen molar-refractivity contribution in [2.24, 2.45) is 5.92 Å². The molecule has 0 aliphatic rings. The molecule has 3 N–H and O–H groups in total. The summed E-state index contributed by atoms with van der Waals surface area (Å²) in [6.07, 6.45) is 0.293. The third-order valence-electron chi connectivity index (χ3n) is 3.80. The highest BCUT2D eigenvalue weighted by atomic mass is 32.2. The van der Waals surface area contributed by atoms with E-state index >= 15 is 0 Å². The molecule has 0 bridgehead atoms. The van der Waals surface area contributed by atoms with Crippen LogP contribution in [0.5, 0.6) is 0 Å². The Morgan fingerprint density at radius 2 is 2.00 bits per heavy atom. The fraction of sp³-hybridized carbons (Fsp3) is 0.294. The third kappa shape index (κ3) is 5.13. The van der Waals surface area contributed by atoms with E-state index in [-0.39, 0.29) is 16.3 Å². The number of carbonyl (C=O) groups is 2. The van der Waals surface area contributed by atoms with Crippen LogP contribution in [0.2, 0.25) is 0 Å². The van der Waals surface area contributed by atoms with Crippen LogP contribution in [0.3, 0.4) is 0 Å². The van der Waals surface area contributed by atoms with Gasteiger partial charge in [-0.3, -0.25) is 9.59 Å². The van der Waals surface area contributed by atoms with Crippen molar-refractivity contribution in [2.45, 2.75) is 18.2 Å². The number of aryl methyl sites for hydroxylation is 1. The van der Waals surface area contributed by atoms with Gasteiger partial charge in [0.1, 0.15) is 0 Å². The van der Waals surface area contributed by atoms with Crippen molar-refractivity contribution in [2.75, 3.05) is 13.6 Å². The molecule has 9 heteroatoms. The second kappa shape index (κ2) is 8.43. The van der Waals surface area contributed by atoms with Gasteiger partial charge in [0.15, 0.2) is 0 Å². The monoisotopic (exact) mass is 396 g/mol. The summed E-state index contributed by atoms with van der Waals surface area (Å²) in [6.45, 7) is 1.88. The SMILES string of the molecule is CNS(=O)(=O)c1csc(C(=O)NCC(Cc2cccc(C)c2)C(=O)O)c1. The minimum Gasteiger partial charge on any atom is -0.481 e. The fourth-order valence-corrected chi connectivity index (χ4v) is 4.29. The van der Waals surface area contributed by atoms with E-state index in [0.29, 0.717) is 6.42 Å². The molecule has 2 rings (SSSR count). The molecule has 1 aromatic carbocycles. The zero-order valence-electron chi connectivity index (χ0n) is 14.4. The van der Waals surface area contributed by atoms with Gasteiger partial charge in [-0.05, 0) is 32.0 Å². The van der Waals surface area contributed by atoms with E-state index in [4.69, 9.17) is 0 Å². The van der Waals surface area contributed by atoms with Gasteiger partial charge in [0.2, 0.25) is 10.0 Å². The van der Waals surface area contributed by atoms with E-state index in [2.05, 4.69) is 10.0 Å². The lowest BCUT2D eigenvalue weighted by atomic mass is 9.98. The molecule has 1 amide bonds. The quantitative estimate of drug-likeness (QED) is 0.628. The van der Waals surface area contributed by atoms with Crippen molar-refractivity contribution in [1.29, 1.82) is 0 Å². The zero-order valence-corrected chi connectivity index (χ0v) is 16.0. The van der Waals surface area contributed by atoms with Gasteiger partial charge >= 0.3 is 5.97 Å². The first-order chi connectivity index (χ1) is 12.2. The molecule has 0 saturated heterocycles. The molecule has 0 radical (unpaired) electrons. The summed E-state index contributed by atoms with van der Waals surface area (Å²) in [5.74, 6) is -2.28. The third-order valence-corrected chi connectivity index (χ3v) is 6.27. The Balaban J connectivity index is 2.02. The summed E-state index contributed by atoms with van der Waals surface area (Å²) < 4.78 is 25.6. The van der Waals surface area contributed by atoms with Crippen LogP contribution >= 0.6 is 11.3 Å². The molecule has 1 aromatic heterocycles. The Hall–Kier alpha value is -2.23. The van der Waals surface area contributed by atoms with Crippen LogP contribution in [0.1, 0.15) is 20.8 Å². The lowest BCUT2D eigenvalue weighted by molar-refractivity contribution is -0.141. The molecule has 2 aromatic rings. The molecule has 140 valence electrons. The summed E-state index contributed by atoms with van der Waals surface area (Å²) >= 11 is 0.987. The molecule has 0 aliphatic heterocycles. The Bertz CT molecular complexity index is 905. The predicted octanol–water partition coefficient (Wildman–Crippen LogP) is 1.64. The molecule has 7 nitrogen and oxygen atoms in total. The van der Waals surface area contributed by atoms with Crippen molar-refractivity contribution in [3.05, 3.63) is 51.7 Å². The van der Waals surface area contributed by atoms with Crippen LogP contribution in [0.4, 0.5) is 0 Å². The Labute approximate surface area is 156 Å². The van der Waals surface area contributed by atoms with Gasteiger partial charge in [-0.25, -0.2) is 13.1 Å². The van der Waals surface area contributed by atoms with Gasteiger partial charge in [-0.15, -0.1) is 11.3 Å². The number of amides is 1. The first-order valence-corrected chi connectivity index (χ1v) is 10.2. The molecule has 0 aliphatic carbocycles. The Kier molecular flexibility index (Phi) is 6.52. The number of carboxylic acid groups (broad SMARTS) is 1. The maximum absolute atomic E-state index is 12.2. The minimum absolute atomic E-state index is 0.00435. The predicted molar refractivity (Wildman–Crippen MR) is 98.9 cm³/mol. The zero-order chi connectivity index (χ0) is 19.3. The average Bonchev–Trinajstić information content (AvgIpc) is 3.09. The van der Waals surface area contributed by atoms with Gasteiger partial charge in [0.25, 0.3) is 5.91 Å². The topological polar surface area (TPSA) is 113 Å². The number of thiophene rings is 1. The van der Waals surface area contributed by atoms with Gasteiger partial charge in [-0.2, -0.15) is 0 Å². The molecule has 1 atom stereocenters. The Morgan fingerprint density at radius 3 is 2.62 bits per heavy atom. The van der Waals surface area contributed by atoms with E-state index in [1.807, 2.05) is 31.2 Å². The molecule has 0 saturated carbocycles. The highest BCUT2D eigenvalue weighted by Gasteiger charge is 2.21. The maximum atomic E-state index is 12.2. The lowest BCUT2D eigenvalue weighted by Gasteiger charge is -2.13. The Morgan fingerprint density at radius 1 is 1.27 bits per heavy atom. The van der Waals surface area contributed by atoms with Gasteiger partial charge in [-0.1, -0.05) is 29.8 Å². The van der Waals surface area contributed by atoms with Gasteiger partial charge in [0.05, 0.1) is 15.7 Å². The number of rotatable bonds is 8. The molecule has 26 heavy (non-hydrogen) atoms. The highest BCUT2D eigenvalue weighted by molar-refractivity contribution is 7.89. The van der Waals surface area contributed by atoms with Crippen LogP contribution in [0.15, 0.2) is 40.6 Å². The maximum Gasteiger partial charge on any atom is 0.308 e. The van der Waals surface area contributed by atoms with Crippen molar-refractivity contribution >= 4 is 33.2 Å². The fourth-order valence-electron chi connectivity index (χ4n) is 2.37. The second-order valence-electron chi connectivity index (χ2n) is 5.79. The molecule has 1 heterocycles. The molecule has 1 unspecified atom stereocenters. The standard InChI is InChI=1S/C17H20N2O5S2/c1-11-4-3-5-12(6-11)7-13(17(21)22)9-19-16(20)15-8-14(10-25-15)26(23,24)18-2/h3-6,8,10,13,18H,7,9H2,1-2H3,(H,19,20)(H,21,22). The second-order valence-corrected chi connectivity index (χ2v) is 8.59. The number of benzene rings is 1. The lowest BCUT2D eigenvalue weighted by Crippen LogP contribution is -2.33. The van der Waals surface area contributed by atoms with Crippen LogP contribution in [-0.4, -0.2) is 39.0 Å². The largest absolute Gasteiger partial charge is 0.481 e. The number of sulfonamides is 1. The van der Waals surface area contributed by atoms with Crippen molar-refractivity contribution in [1.82, 2.24) is 10.0 Å². The van der Waals surface area contributed by atoms with E-state index in [0.717, 1.165) is 22.5 Å². The van der Waals surface area contributed by atoms with Crippen molar-refractivity contribution in [3.63, 3.8) is 0 Å². The molecule has 0 spiro atoms. The van der Waals surface area contributed by atoms with Crippen molar-refractivity contribution < 1.29 is 23.1 Å². The number of carboxylic acids is 1. The van der Waals surface area contributed by atoms with E-state index in [1.165, 1.54) is 18.5 Å². The number of nitrogens with one attached hydrogen (secondary N) is 2. The smallest absolute Gasteiger partial charge is 0.308 e. The number of hydrogen-bond donors (Lipinski definition) is 3. The molecular weight excluding hydrogens is 376 g/mol. The average molecular weight is 396 g/mol. The van der Waals surface area contributed by atoms with Crippen LogP contribution in [0, 0.1) is 12.8 Å². The summed E-state index contributed by atoms with van der Waals surface area (Å²) in [5.41, 5.74) is 1.91. The van der Waals surface area contributed by atoms with E-state index in [9.17, 15) is 23.1 Å². The number of hydrogen-bond acceptors (Lipinski definition) is 5. The number of aliphatic carboxylic acids is 1. The molecular formula is C17H20N2O5S2.